The van der Waals surface area contributed by atoms with Crippen LogP contribution >= 0.6 is 0 Å². The standard InChI is InChI=1S/C21H19N3O5/c25-21-17-7-12-8-18(21)20(14-4-2-6-16(10-14)24(28)29)22(11-12)19(17)13-3-1-5-15(9-13)23(26)27/h1-6,9-10,12,17-20H,7-8,11H2/t12?,17-,18+,19-,20-/m1/s1. The summed E-state index contributed by atoms with van der Waals surface area (Å²) in [7, 11) is 0. The van der Waals surface area contributed by atoms with Crippen molar-refractivity contribution < 1.29 is 14.6 Å². The zero-order chi connectivity index (χ0) is 20.3. The smallest absolute Gasteiger partial charge is 0.269 e. The summed E-state index contributed by atoms with van der Waals surface area (Å²) in [5.74, 6) is 0.256. The largest absolute Gasteiger partial charge is 0.299 e. The van der Waals surface area contributed by atoms with E-state index in [0.717, 1.165) is 30.5 Å². The van der Waals surface area contributed by atoms with Gasteiger partial charge >= 0.3 is 0 Å². The van der Waals surface area contributed by atoms with Gasteiger partial charge in [-0.25, -0.2) is 0 Å². The van der Waals surface area contributed by atoms with E-state index >= 15 is 0 Å². The topological polar surface area (TPSA) is 107 Å². The Hall–Kier alpha value is -3.13. The molecular formula is C21H19N3O5. The minimum Gasteiger partial charge on any atom is -0.299 e. The van der Waals surface area contributed by atoms with Gasteiger partial charge in [0.1, 0.15) is 5.78 Å². The van der Waals surface area contributed by atoms with E-state index < -0.39 is 9.85 Å². The van der Waals surface area contributed by atoms with Gasteiger partial charge in [-0.15, -0.1) is 0 Å². The van der Waals surface area contributed by atoms with Crippen LogP contribution in [-0.2, 0) is 4.79 Å². The zero-order valence-electron chi connectivity index (χ0n) is 15.5. The monoisotopic (exact) mass is 393 g/mol. The predicted octanol–water partition coefficient (Wildman–Crippen LogP) is 3.83. The number of nitro groups is 2. The second-order valence-electron chi connectivity index (χ2n) is 8.24. The van der Waals surface area contributed by atoms with Gasteiger partial charge in [0.15, 0.2) is 0 Å². The minimum absolute atomic E-state index is 0.0110. The van der Waals surface area contributed by atoms with Crippen molar-refractivity contribution >= 4 is 17.2 Å². The molecule has 6 rings (SSSR count). The third-order valence-electron chi connectivity index (χ3n) is 6.70. The number of carbonyl (C=O) groups excluding carboxylic acids is 1. The summed E-state index contributed by atoms with van der Waals surface area (Å²) < 4.78 is 0. The number of carbonyl (C=O) groups is 1. The summed E-state index contributed by atoms with van der Waals surface area (Å²) in [4.78, 5) is 37.2. The summed E-state index contributed by atoms with van der Waals surface area (Å²) >= 11 is 0. The lowest BCUT2D eigenvalue weighted by Gasteiger charge is -2.59. The van der Waals surface area contributed by atoms with Gasteiger partial charge in [0, 0.05) is 54.7 Å². The highest BCUT2D eigenvalue weighted by molar-refractivity contribution is 5.87. The normalized spacial score (nSPS) is 32.3. The van der Waals surface area contributed by atoms with Crippen LogP contribution in [0.4, 0.5) is 11.4 Å². The van der Waals surface area contributed by atoms with E-state index in [4.69, 9.17) is 0 Å². The third-order valence-corrected chi connectivity index (χ3v) is 6.70. The van der Waals surface area contributed by atoms with Crippen molar-refractivity contribution in [3.05, 3.63) is 79.9 Å². The SMILES string of the molecule is O=C1[C@H]2CC3C[C@@H]1[C@@H](c1cccc([N+](=O)[O-])c1)N(C3)[C@@H]2c1cccc([N+](=O)[O-])c1. The van der Waals surface area contributed by atoms with Crippen molar-refractivity contribution in [2.45, 2.75) is 24.9 Å². The molecule has 0 aromatic heterocycles. The first-order chi connectivity index (χ1) is 13.9. The second kappa shape index (κ2) is 6.45. The first-order valence-corrected chi connectivity index (χ1v) is 9.72. The number of ketones is 1. The second-order valence-corrected chi connectivity index (χ2v) is 8.24. The van der Waals surface area contributed by atoms with Gasteiger partial charge in [0.25, 0.3) is 11.4 Å². The van der Waals surface area contributed by atoms with E-state index in [9.17, 15) is 25.0 Å². The van der Waals surface area contributed by atoms with Crippen LogP contribution in [0.15, 0.2) is 48.5 Å². The van der Waals surface area contributed by atoms with Gasteiger partial charge in [-0.1, -0.05) is 24.3 Å². The molecule has 8 nitrogen and oxygen atoms in total. The number of Topliss-reactive ketones (excluding diaryl/α,β-unsaturated/α-hetero) is 1. The van der Waals surface area contributed by atoms with Crippen molar-refractivity contribution in [2.24, 2.45) is 17.8 Å². The first kappa shape index (κ1) is 17.9. The molecule has 1 saturated carbocycles. The molecule has 4 bridgehead atoms. The lowest BCUT2D eigenvalue weighted by molar-refractivity contribution is -0.385. The van der Waals surface area contributed by atoms with Crippen LogP contribution in [0.1, 0.15) is 36.1 Å². The van der Waals surface area contributed by atoms with Crippen LogP contribution in [0.25, 0.3) is 0 Å². The molecule has 0 spiro atoms. The van der Waals surface area contributed by atoms with Gasteiger partial charge in [0.2, 0.25) is 0 Å². The van der Waals surface area contributed by atoms with Crippen LogP contribution in [0.5, 0.6) is 0 Å². The summed E-state index contributed by atoms with van der Waals surface area (Å²) in [6, 6.07) is 12.6. The van der Waals surface area contributed by atoms with Crippen molar-refractivity contribution in [2.75, 3.05) is 6.54 Å². The average molecular weight is 393 g/mol. The Kier molecular flexibility index (Phi) is 3.99. The number of hydrogen-bond acceptors (Lipinski definition) is 6. The van der Waals surface area contributed by atoms with Gasteiger partial charge in [-0.2, -0.15) is 0 Å². The van der Waals surface area contributed by atoms with Crippen LogP contribution in [0, 0.1) is 38.0 Å². The Morgan fingerprint density at radius 2 is 1.31 bits per heavy atom. The van der Waals surface area contributed by atoms with Gasteiger partial charge in [-0.3, -0.25) is 29.9 Å². The molecule has 148 valence electrons. The molecule has 2 aromatic carbocycles. The zero-order valence-corrected chi connectivity index (χ0v) is 15.5. The minimum atomic E-state index is -0.422. The maximum absolute atomic E-state index is 13.3. The van der Waals surface area contributed by atoms with Crippen molar-refractivity contribution in [1.29, 1.82) is 0 Å². The van der Waals surface area contributed by atoms with E-state index in [2.05, 4.69) is 4.90 Å². The molecule has 29 heavy (non-hydrogen) atoms. The molecule has 2 unspecified atom stereocenters. The average Bonchev–Trinajstić information content (AvgIpc) is 2.71. The molecule has 3 heterocycles. The lowest BCUT2D eigenvalue weighted by atomic mass is 9.59. The number of hydrogen-bond donors (Lipinski definition) is 0. The molecule has 1 aliphatic carbocycles. The van der Waals surface area contributed by atoms with Crippen molar-refractivity contribution in [3.8, 4) is 0 Å². The van der Waals surface area contributed by atoms with Crippen LogP contribution < -0.4 is 0 Å². The lowest BCUT2D eigenvalue weighted by Crippen LogP contribution is -2.60. The Balaban J connectivity index is 1.60. The highest BCUT2D eigenvalue weighted by atomic mass is 16.6. The third kappa shape index (κ3) is 2.74. The number of piperidine rings is 3. The van der Waals surface area contributed by atoms with Gasteiger partial charge < -0.3 is 0 Å². The maximum atomic E-state index is 13.3. The molecule has 0 amide bonds. The van der Waals surface area contributed by atoms with Crippen LogP contribution in [0.3, 0.4) is 0 Å². The molecule has 0 radical (unpaired) electrons. The first-order valence-electron chi connectivity index (χ1n) is 9.72. The van der Waals surface area contributed by atoms with Crippen LogP contribution in [0.2, 0.25) is 0 Å². The molecule has 2 aromatic rings. The fraction of sp³-hybridized carbons (Fsp3) is 0.381. The Bertz CT molecular complexity index is 961. The summed E-state index contributed by atoms with van der Waals surface area (Å²) in [6.07, 6.45) is 1.61. The van der Waals surface area contributed by atoms with E-state index in [1.807, 2.05) is 12.1 Å². The number of nitrogens with zero attached hydrogens (tertiary/aromatic N) is 3. The Morgan fingerprint density at radius 3 is 1.76 bits per heavy atom. The Labute approximate surface area is 166 Å². The van der Waals surface area contributed by atoms with Crippen LogP contribution in [-0.4, -0.2) is 27.1 Å². The predicted molar refractivity (Wildman–Crippen MR) is 103 cm³/mol. The van der Waals surface area contributed by atoms with Crippen molar-refractivity contribution in [3.63, 3.8) is 0 Å². The van der Waals surface area contributed by atoms with E-state index in [0.29, 0.717) is 5.92 Å². The van der Waals surface area contributed by atoms with Gasteiger partial charge in [-0.05, 0) is 29.9 Å². The number of non-ortho nitro benzene ring substituents is 2. The summed E-state index contributed by atoms with van der Waals surface area (Å²) in [6.45, 7) is 0.793. The molecule has 0 N–H and O–H groups in total. The molecule has 4 aliphatic rings. The number of benzene rings is 2. The van der Waals surface area contributed by atoms with Gasteiger partial charge in [0.05, 0.1) is 9.85 Å². The van der Waals surface area contributed by atoms with E-state index in [1.165, 1.54) is 12.1 Å². The highest BCUT2D eigenvalue weighted by Crippen LogP contribution is 2.58. The maximum Gasteiger partial charge on any atom is 0.269 e. The molecule has 3 saturated heterocycles. The quantitative estimate of drug-likeness (QED) is 0.577. The van der Waals surface area contributed by atoms with E-state index in [1.54, 1.807) is 24.3 Å². The number of rotatable bonds is 4. The van der Waals surface area contributed by atoms with Crippen molar-refractivity contribution in [1.82, 2.24) is 4.90 Å². The fourth-order valence-electron chi connectivity index (χ4n) is 5.69. The summed E-state index contributed by atoms with van der Waals surface area (Å²) in [5, 5.41) is 22.5. The Morgan fingerprint density at radius 1 is 0.828 bits per heavy atom. The molecule has 4 fully saturated rings. The van der Waals surface area contributed by atoms with E-state index in [-0.39, 0.29) is 41.1 Å². The number of nitro benzene ring substituents is 2. The fourth-order valence-corrected chi connectivity index (χ4v) is 5.69. The summed E-state index contributed by atoms with van der Waals surface area (Å²) in [5.41, 5.74) is 1.56. The molecule has 6 atom stereocenters. The molecular weight excluding hydrogens is 374 g/mol. The highest BCUT2D eigenvalue weighted by Gasteiger charge is 2.57. The molecule has 3 aliphatic heterocycles. The molecule has 8 heteroatoms.